The van der Waals surface area contributed by atoms with Crippen LogP contribution >= 0.6 is 0 Å². The summed E-state index contributed by atoms with van der Waals surface area (Å²) in [5, 5.41) is 0. The molecule has 0 aliphatic carbocycles. The summed E-state index contributed by atoms with van der Waals surface area (Å²) < 4.78 is 26.3. The van der Waals surface area contributed by atoms with Crippen molar-refractivity contribution in [2.24, 2.45) is 0 Å². The molecule has 0 spiro atoms. The molecule has 0 aliphatic heterocycles. The number of nitrogens with zero attached hydrogens (tertiary/aromatic N) is 2. The maximum Gasteiger partial charge on any atom is 0.340 e. The van der Waals surface area contributed by atoms with E-state index in [1.54, 1.807) is 36.8 Å². The van der Waals surface area contributed by atoms with Crippen LogP contribution in [-0.4, -0.2) is 35.3 Å². The molecule has 0 fully saturated rings. The summed E-state index contributed by atoms with van der Waals surface area (Å²) in [6.07, 6.45) is 6.64. The fourth-order valence-electron chi connectivity index (χ4n) is 5.05. The van der Waals surface area contributed by atoms with Gasteiger partial charge in [-0.2, -0.15) is 0 Å². The highest BCUT2D eigenvalue weighted by Crippen LogP contribution is 2.44. The van der Waals surface area contributed by atoms with Gasteiger partial charge in [-0.1, -0.05) is 12.2 Å². The molecule has 0 unspecified atom stereocenters. The summed E-state index contributed by atoms with van der Waals surface area (Å²) in [6.45, 7) is 16.4. The van der Waals surface area contributed by atoms with Crippen molar-refractivity contribution in [1.82, 2.24) is 9.13 Å². The van der Waals surface area contributed by atoms with Gasteiger partial charge >= 0.3 is 11.9 Å². The third-order valence-corrected chi connectivity index (χ3v) is 7.11. The predicted octanol–water partition coefficient (Wildman–Crippen LogP) is 6.66. The van der Waals surface area contributed by atoms with Crippen molar-refractivity contribution < 1.29 is 27.9 Å². The molecule has 0 bridgehead atoms. The van der Waals surface area contributed by atoms with Gasteiger partial charge in [0.2, 0.25) is 0 Å². The number of hydrogen-bond acceptors (Lipinski definition) is 6. The third-order valence-electron chi connectivity index (χ3n) is 7.11. The fourth-order valence-corrected chi connectivity index (χ4v) is 5.05. The topological polar surface area (TPSA) is 88.7 Å². The van der Waals surface area contributed by atoms with Gasteiger partial charge < -0.3 is 27.4 Å². The standard InChI is InChI=1S/C30H32N2O6/c1-9-13-31-19(5)17(3)23(29(33)35-7)25(31)21-11-15-37-27(21)28-22(12-16-38-28)26-24(30(34)36-8)18(4)20(6)32(26)14-10-2/h9-12,15-16H,1-2,13-14H2,3-8H3. The molecule has 4 aromatic rings. The molecule has 8 nitrogen and oxygen atoms in total. The van der Waals surface area contributed by atoms with Gasteiger partial charge in [0, 0.05) is 35.6 Å². The molecule has 0 aliphatic rings. The molecule has 0 amide bonds. The number of furan rings is 2. The molecule has 198 valence electrons. The second-order valence-corrected chi connectivity index (χ2v) is 8.98. The first kappa shape index (κ1) is 26.6. The van der Waals surface area contributed by atoms with E-state index in [2.05, 4.69) is 13.2 Å². The van der Waals surface area contributed by atoms with Crippen molar-refractivity contribution in [3.05, 3.63) is 83.6 Å². The zero-order valence-corrected chi connectivity index (χ0v) is 22.6. The van der Waals surface area contributed by atoms with Crippen molar-refractivity contribution in [3.8, 4) is 34.0 Å². The molecule has 0 saturated heterocycles. The van der Waals surface area contributed by atoms with Crippen LogP contribution in [0.15, 0.2) is 58.8 Å². The number of rotatable bonds is 9. The van der Waals surface area contributed by atoms with Crippen LogP contribution in [-0.2, 0) is 22.6 Å². The van der Waals surface area contributed by atoms with Gasteiger partial charge in [-0.05, 0) is 51.0 Å². The van der Waals surface area contributed by atoms with Crippen molar-refractivity contribution in [2.75, 3.05) is 14.2 Å². The number of aromatic nitrogens is 2. The number of carbonyl (C=O) groups is 2. The Morgan fingerprint density at radius 3 is 1.45 bits per heavy atom. The molecule has 4 heterocycles. The lowest BCUT2D eigenvalue weighted by Crippen LogP contribution is -2.07. The first-order valence-electron chi connectivity index (χ1n) is 12.2. The molecule has 0 saturated carbocycles. The molecule has 0 aromatic carbocycles. The minimum absolute atomic E-state index is 0.412. The van der Waals surface area contributed by atoms with E-state index in [1.807, 2.05) is 36.8 Å². The van der Waals surface area contributed by atoms with Crippen LogP contribution < -0.4 is 0 Å². The lowest BCUT2D eigenvalue weighted by atomic mass is 10.0. The summed E-state index contributed by atoms with van der Waals surface area (Å²) in [5.74, 6) is -0.0745. The van der Waals surface area contributed by atoms with E-state index in [4.69, 9.17) is 18.3 Å². The normalized spacial score (nSPS) is 11.0. The van der Waals surface area contributed by atoms with Crippen LogP contribution in [0.1, 0.15) is 43.2 Å². The van der Waals surface area contributed by atoms with Crippen LogP contribution in [0, 0.1) is 27.7 Å². The first-order chi connectivity index (χ1) is 18.2. The lowest BCUT2D eigenvalue weighted by molar-refractivity contribution is 0.0592. The van der Waals surface area contributed by atoms with Crippen molar-refractivity contribution >= 4 is 11.9 Å². The fraction of sp³-hybridized carbons (Fsp3) is 0.267. The summed E-state index contributed by atoms with van der Waals surface area (Å²) >= 11 is 0. The van der Waals surface area contributed by atoms with E-state index >= 15 is 0 Å². The second-order valence-electron chi connectivity index (χ2n) is 8.98. The van der Waals surface area contributed by atoms with Crippen LogP contribution in [0.2, 0.25) is 0 Å². The monoisotopic (exact) mass is 516 g/mol. The lowest BCUT2D eigenvalue weighted by Gasteiger charge is -2.13. The zero-order chi connectivity index (χ0) is 27.7. The van der Waals surface area contributed by atoms with Gasteiger partial charge in [0.15, 0.2) is 11.5 Å². The van der Waals surface area contributed by atoms with Crippen LogP contribution in [0.3, 0.4) is 0 Å². The summed E-state index contributed by atoms with van der Waals surface area (Å²) in [6, 6.07) is 3.59. The number of carbonyl (C=O) groups excluding carboxylic acids is 2. The largest absolute Gasteiger partial charge is 0.465 e. The van der Waals surface area contributed by atoms with E-state index in [0.29, 0.717) is 58.3 Å². The minimum Gasteiger partial charge on any atom is -0.465 e. The SMILES string of the molecule is C=CCn1c(C)c(C)c(C(=O)OC)c1-c1ccoc1-c1occc1-c1c(C(=O)OC)c(C)c(C)n1CC=C. The quantitative estimate of drug-likeness (QED) is 0.183. The Balaban J connectivity index is 2.04. The smallest absolute Gasteiger partial charge is 0.340 e. The Bertz CT molecular complexity index is 1440. The highest BCUT2D eigenvalue weighted by molar-refractivity contribution is 6.03. The number of methoxy groups -OCH3 is 2. The molecule has 0 radical (unpaired) electrons. The van der Waals surface area contributed by atoms with E-state index in [0.717, 1.165) is 22.5 Å². The van der Waals surface area contributed by atoms with Crippen molar-refractivity contribution in [2.45, 2.75) is 40.8 Å². The highest BCUT2D eigenvalue weighted by atomic mass is 16.5. The molecular weight excluding hydrogens is 484 g/mol. The number of esters is 2. The molecule has 4 aromatic heterocycles. The summed E-state index contributed by atoms with van der Waals surface area (Å²) in [5.41, 5.74) is 6.89. The van der Waals surface area contributed by atoms with Gasteiger partial charge in [-0.15, -0.1) is 13.2 Å². The van der Waals surface area contributed by atoms with Gasteiger partial charge in [0.1, 0.15) is 0 Å². The van der Waals surface area contributed by atoms with E-state index in [1.165, 1.54) is 14.2 Å². The third kappa shape index (κ3) is 4.02. The number of allylic oxidation sites excluding steroid dienone is 2. The molecular formula is C30H32N2O6. The zero-order valence-electron chi connectivity index (χ0n) is 22.6. The number of ether oxygens (including phenoxy) is 2. The van der Waals surface area contributed by atoms with E-state index in [-0.39, 0.29) is 0 Å². The van der Waals surface area contributed by atoms with E-state index in [9.17, 15) is 9.59 Å². The van der Waals surface area contributed by atoms with Crippen molar-refractivity contribution in [3.63, 3.8) is 0 Å². The van der Waals surface area contributed by atoms with Crippen molar-refractivity contribution in [1.29, 1.82) is 0 Å². The Hall–Kier alpha value is -4.46. The van der Waals surface area contributed by atoms with Gasteiger partial charge in [0.05, 0.1) is 49.3 Å². The molecule has 4 rings (SSSR count). The molecule has 0 N–H and O–H groups in total. The van der Waals surface area contributed by atoms with E-state index < -0.39 is 11.9 Å². The van der Waals surface area contributed by atoms with Gasteiger partial charge in [-0.3, -0.25) is 0 Å². The second kappa shape index (κ2) is 10.5. The molecule has 0 atom stereocenters. The highest BCUT2D eigenvalue weighted by Gasteiger charge is 2.32. The maximum absolute atomic E-state index is 12.9. The molecule has 8 heteroatoms. The predicted molar refractivity (Wildman–Crippen MR) is 145 cm³/mol. The minimum atomic E-state index is -0.450. The van der Waals surface area contributed by atoms with Gasteiger partial charge in [-0.25, -0.2) is 9.59 Å². The van der Waals surface area contributed by atoms with Gasteiger partial charge in [0.25, 0.3) is 0 Å². The molecule has 38 heavy (non-hydrogen) atoms. The van der Waals surface area contributed by atoms with Crippen LogP contribution in [0.4, 0.5) is 0 Å². The Kier molecular flexibility index (Phi) is 7.35. The number of hydrogen-bond donors (Lipinski definition) is 0. The Morgan fingerprint density at radius 2 is 1.13 bits per heavy atom. The van der Waals surface area contributed by atoms with Crippen LogP contribution in [0.25, 0.3) is 34.0 Å². The van der Waals surface area contributed by atoms with Crippen LogP contribution in [0.5, 0.6) is 0 Å². The summed E-state index contributed by atoms with van der Waals surface area (Å²) in [7, 11) is 2.72. The first-order valence-corrected chi connectivity index (χ1v) is 12.2. The average molecular weight is 517 g/mol. The maximum atomic E-state index is 12.9. The Morgan fingerprint density at radius 1 is 0.763 bits per heavy atom. The Labute approximate surface area is 221 Å². The average Bonchev–Trinajstić information content (AvgIpc) is 3.67. The summed E-state index contributed by atoms with van der Waals surface area (Å²) in [4.78, 5) is 25.9.